The Morgan fingerprint density at radius 2 is 2.00 bits per heavy atom. The SMILES string of the molecule is COCC(=O)NC1CCN(C(=O)C(C)=C2CNC2)CC1. The van der Waals surface area contributed by atoms with Gasteiger partial charge in [-0.1, -0.05) is 0 Å². The summed E-state index contributed by atoms with van der Waals surface area (Å²) in [5.41, 5.74) is 2.09. The molecule has 2 amide bonds. The highest BCUT2D eigenvalue weighted by atomic mass is 16.5. The number of carbonyl (C=O) groups is 2. The predicted octanol–water partition coefficient (Wildman–Crippen LogP) is -0.340. The molecule has 2 saturated heterocycles. The first kappa shape index (κ1) is 15.0. The monoisotopic (exact) mass is 281 g/mol. The van der Waals surface area contributed by atoms with E-state index in [0.717, 1.165) is 31.5 Å². The van der Waals surface area contributed by atoms with Gasteiger partial charge >= 0.3 is 0 Å². The van der Waals surface area contributed by atoms with Crippen LogP contribution in [0.5, 0.6) is 0 Å². The Morgan fingerprint density at radius 3 is 2.50 bits per heavy atom. The molecule has 20 heavy (non-hydrogen) atoms. The van der Waals surface area contributed by atoms with Crippen LogP contribution < -0.4 is 10.6 Å². The van der Waals surface area contributed by atoms with Crippen LogP contribution >= 0.6 is 0 Å². The smallest absolute Gasteiger partial charge is 0.249 e. The molecule has 0 aromatic rings. The number of piperidine rings is 1. The molecule has 0 spiro atoms. The number of nitrogens with one attached hydrogen (secondary N) is 2. The Hall–Kier alpha value is -1.40. The summed E-state index contributed by atoms with van der Waals surface area (Å²) in [7, 11) is 1.51. The van der Waals surface area contributed by atoms with Crippen molar-refractivity contribution in [3.63, 3.8) is 0 Å². The lowest BCUT2D eigenvalue weighted by Gasteiger charge is -2.33. The molecule has 0 aromatic carbocycles. The average molecular weight is 281 g/mol. The number of ether oxygens (including phenoxy) is 1. The van der Waals surface area contributed by atoms with Gasteiger partial charge in [-0.05, 0) is 25.3 Å². The van der Waals surface area contributed by atoms with Crippen LogP contribution in [0.15, 0.2) is 11.1 Å². The fourth-order valence-corrected chi connectivity index (χ4v) is 2.53. The van der Waals surface area contributed by atoms with Gasteiger partial charge in [-0.15, -0.1) is 0 Å². The topological polar surface area (TPSA) is 70.7 Å². The van der Waals surface area contributed by atoms with Gasteiger partial charge < -0.3 is 20.3 Å². The van der Waals surface area contributed by atoms with E-state index in [0.29, 0.717) is 13.1 Å². The summed E-state index contributed by atoms with van der Waals surface area (Å²) in [6.45, 7) is 5.08. The number of carbonyl (C=O) groups excluding carboxylic acids is 2. The van der Waals surface area contributed by atoms with E-state index >= 15 is 0 Å². The molecule has 6 nitrogen and oxygen atoms in total. The molecule has 112 valence electrons. The Morgan fingerprint density at radius 1 is 1.35 bits per heavy atom. The minimum absolute atomic E-state index is 0.0869. The summed E-state index contributed by atoms with van der Waals surface area (Å²) in [6.07, 6.45) is 1.62. The first-order valence-corrected chi connectivity index (χ1v) is 7.08. The van der Waals surface area contributed by atoms with E-state index in [1.165, 1.54) is 12.7 Å². The highest BCUT2D eigenvalue weighted by Crippen LogP contribution is 2.16. The van der Waals surface area contributed by atoms with E-state index in [9.17, 15) is 9.59 Å². The van der Waals surface area contributed by atoms with E-state index in [4.69, 9.17) is 4.74 Å². The zero-order chi connectivity index (χ0) is 14.5. The molecule has 2 aliphatic heterocycles. The molecule has 6 heteroatoms. The van der Waals surface area contributed by atoms with Crippen molar-refractivity contribution in [1.82, 2.24) is 15.5 Å². The van der Waals surface area contributed by atoms with Crippen LogP contribution in [-0.2, 0) is 14.3 Å². The third-order valence-electron chi connectivity index (χ3n) is 3.95. The van der Waals surface area contributed by atoms with Crippen LogP contribution in [0.3, 0.4) is 0 Å². The summed E-state index contributed by atoms with van der Waals surface area (Å²) in [5, 5.41) is 6.08. The van der Waals surface area contributed by atoms with Gasteiger partial charge in [0.1, 0.15) is 6.61 Å². The molecule has 2 fully saturated rings. The van der Waals surface area contributed by atoms with Crippen LogP contribution in [0, 0.1) is 0 Å². The summed E-state index contributed by atoms with van der Waals surface area (Å²) >= 11 is 0. The number of hydrogen-bond donors (Lipinski definition) is 2. The average Bonchev–Trinajstić information content (AvgIpc) is 2.37. The minimum Gasteiger partial charge on any atom is -0.375 e. The number of hydrogen-bond acceptors (Lipinski definition) is 4. The predicted molar refractivity (Wildman–Crippen MR) is 75.2 cm³/mol. The largest absolute Gasteiger partial charge is 0.375 e. The third-order valence-corrected chi connectivity index (χ3v) is 3.95. The van der Waals surface area contributed by atoms with Gasteiger partial charge in [0.15, 0.2) is 0 Å². The van der Waals surface area contributed by atoms with Gasteiger partial charge in [-0.25, -0.2) is 0 Å². The summed E-state index contributed by atoms with van der Waals surface area (Å²) in [4.78, 5) is 25.6. The molecule has 0 atom stereocenters. The minimum atomic E-state index is -0.0869. The van der Waals surface area contributed by atoms with Gasteiger partial charge in [-0.2, -0.15) is 0 Å². The number of methoxy groups -OCH3 is 1. The van der Waals surface area contributed by atoms with Crippen LogP contribution in [0.1, 0.15) is 19.8 Å². The van der Waals surface area contributed by atoms with Gasteiger partial charge in [-0.3, -0.25) is 9.59 Å². The lowest BCUT2D eigenvalue weighted by Crippen LogP contribution is -2.48. The van der Waals surface area contributed by atoms with E-state index in [1.807, 2.05) is 11.8 Å². The third kappa shape index (κ3) is 3.58. The normalized spacial score (nSPS) is 19.5. The van der Waals surface area contributed by atoms with Crippen molar-refractivity contribution in [2.24, 2.45) is 0 Å². The highest BCUT2D eigenvalue weighted by molar-refractivity contribution is 5.94. The summed E-state index contributed by atoms with van der Waals surface area (Å²) in [5.74, 6) is 0.0549. The Balaban J connectivity index is 1.79. The number of likely N-dealkylation sites (tertiary alicyclic amines) is 1. The summed E-state index contributed by atoms with van der Waals surface area (Å²) < 4.78 is 4.79. The molecular formula is C14H23N3O3. The zero-order valence-corrected chi connectivity index (χ0v) is 12.2. The maximum atomic E-state index is 12.3. The molecule has 0 bridgehead atoms. The molecule has 0 aliphatic carbocycles. The maximum Gasteiger partial charge on any atom is 0.249 e. The van der Waals surface area contributed by atoms with Gasteiger partial charge in [0, 0.05) is 44.9 Å². The van der Waals surface area contributed by atoms with Crippen molar-refractivity contribution in [3.05, 3.63) is 11.1 Å². The van der Waals surface area contributed by atoms with Crippen LogP contribution in [-0.4, -0.2) is 62.7 Å². The van der Waals surface area contributed by atoms with Crippen LogP contribution in [0.4, 0.5) is 0 Å². The highest BCUT2D eigenvalue weighted by Gasteiger charge is 2.26. The van der Waals surface area contributed by atoms with Crippen molar-refractivity contribution in [3.8, 4) is 0 Å². The molecule has 0 saturated carbocycles. The lowest BCUT2D eigenvalue weighted by molar-refractivity contribution is -0.128. The first-order chi connectivity index (χ1) is 9.61. The second-order valence-electron chi connectivity index (χ2n) is 5.40. The fourth-order valence-electron chi connectivity index (χ4n) is 2.53. The van der Waals surface area contributed by atoms with Gasteiger partial charge in [0.2, 0.25) is 11.8 Å². The van der Waals surface area contributed by atoms with E-state index in [-0.39, 0.29) is 24.5 Å². The molecule has 2 heterocycles. The van der Waals surface area contributed by atoms with Crippen molar-refractivity contribution >= 4 is 11.8 Å². The zero-order valence-electron chi connectivity index (χ0n) is 12.2. The number of amides is 2. The Labute approximate surface area is 119 Å². The first-order valence-electron chi connectivity index (χ1n) is 7.08. The van der Waals surface area contributed by atoms with Crippen molar-refractivity contribution in [2.45, 2.75) is 25.8 Å². The molecule has 2 aliphatic rings. The lowest BCUT2D eigenvalue weighted by atomic mass is 10.0. The molecular weight excluding hydrogens is 258 g/mol. The number of rotatable bonds is 4. The summed E-state index contributed by atoms with van der Waals surface area (Å²) in [6, 6.07) is 0.153. The van der Waals surface area contributed by atoms with E-state index in [2.05, 4.69) is 10.6 Å². The van der Waals surface area contributed by atoms with E-state index < -0.39 is 0 Å². The molecule has 2 rings (SSSR count). The Kier molecular flexibility index (Phi) is 5.14. The molecule has 2 N–H and O–H groups in total. The Bertz CT molecular complexity index is 406. The maximum absolute atomic E-state index is 12.3. The number of nitrogens with zero attached hydrogens (tertiary/aromatic N) is 1. The van der Waals surface area contributed by atoms with Crippen molar-refractivity contribution in [2.75, 3.05) is 39.9 Å². The van der Waals surface area contributed by atoms with Gasteiger partial charge in [0.25, 0.3) is 0 Å². The van der Waals surface area contributed by atoms with Crippen molar-refractivity contribution in [1.29, 1.82) is 0 Å². The standard InChI is InChI=1S/C14H23N3O3/c1-10(11-7-15-8-11)14(19)17-5-3-12(4-6-17)16-13(18)9-20-2/h12,15H,3-9H2,1-2H3,(H,16,18). The fraction of sp³-hybridized carbons (Fsp3) is 0.714. The second-order valence-corrected chi connectivity index (χ2v) is 5.40. The van der Waals surface area contributed by atoms with Crippen LogP contribution in [0.2, 0.25) is 0 Å². The molecule has 0 aromatic heterocycles. The molecule has 0 unspecified atom stereocenters. The quantitative estimate of drug-likeness (QED) is 0.692. The van der Waals surface area contributed by atoms with Gasteiger partial charge in [0.05, 0.1) is 0 Å². The van der Waals surface area contributed by atoms with Crippen LogP contribution in [0.25, 0.3) is 0 Å². The van der Waals surface area contributed by atoms with E-state index in [1.54, 1.807) is 0 Å². The molecule has 0 radical (unpaired) electrons. The van der Waals surface area contributed by atoms with Crippen molar-refractivity contribution < 1.29 is 14.3 Å². The second kappa shape index (κ2) is 6.85.